The number of hydrogen-bond donors (Lipinski definition) is 2. The highest BCUT2D eigenvalue weighted by molar-refractivity contribution is 8.00. The maximum atomic E-state index is 13.0. The number of amides is 1. The van der Waals surface area contributed by atoms with Crippen molar-refractivity contribution in [3.8, 4) is 11.5 Å². The first-order valence-electron chi connectivity index (χ1n) is 11.2. The van der Waals surface area contributed by atoms with Crippen molar-refractivity contribution in [2.75, 3.05) is 30.6 Å². The summed E-state index contributed by atoms with van der Waals surface area (Å²) in [5.41, 5.74) is 1.51. The zero-order chi connectivity index (χ0) is 22.6. The second kappa shape index (κ2) is 9.84. The molecular weight excluding hydrogens is 440 g/mol. The van der Waals surface area contributed by atoms with Crippen LogP contribution in [0.5, 0.6) is 11.5 Å². The van der Waals surface area contributed by atoms with Crippen molar-refractivity contribution in [1.82, 2.24) is 9.97 Å². The van der Waals surface area contributed by atoms with E-state index in [0.717, 1.165) is 36.2 Å². The second-order valence-corrected chi connectivity index (χ2v) is 9.13. The van der Waals surface area contributed by atoms with E-state index in [4.69, 9.17) is 24.2 Å². The van der Waals surface area contributed by atoms with Crippen LogP contribution < -0.4 is 20.1 Å². The molecular formula is C24H26N4O4S. The number of aromatic nitrogens is 2. The normalized spacial score (nSPS) is 17.8. The van der Waals surface area contributed by atoms with Gasteiger partial charge in [-0.15, -0.1) is 0 Å². The zero-order valence-corrected chi connectivity index (χ0v) is 19.2. The Morgan fingerprint density at radius 2 is 2.06 bits per heavy atom. The number of carbonyl (C=O) groups is 1. The molecule has 0 saturated carbocycles. The van der Waals surface area contributed by atoms with Gasteiger partial charge in [0.1, 0.15) is 5.82 Å². The van der Waals surface area contributed by atoms with E-state index in [-0.39, 0.29) is 24.1 Å². The fourth-order valence-electron chi connectivity index (χ4n) is 3.91. The van der Waals surface area contributed by atoms with E-state index in [0.29, 0.717) is 35.3 Å². The molecule has 3 aromatic rings. The van der Waals surface area contributed by atoms with Crippen LogP contribution in [-0.2, 0) is 9.53 Å². The summed E-state index contributed by atoms with van der Waals surface area (Å²) in [7, 11) is 0. The molecule has 2 atom stereocenters. The zero-order valence-electron chi connectivity index (χ0n) is 18.4. The lowest BCUT2D eigenvalue weighted by molar-refractivity contribution is -0.115. The average Bonchev–Trinajstić information content (AvgIpc) is 3.52. The third kappa shape index (κ3) is 4.99. The molecule has 1 aromatic heterocycles. The Balaban J connectivity index is 1.32. The number of carbonyl (C=O) groups excluding carboxylic acids is 1. The first-order valence-corrected chi connectivity index (χ1v) is 12.1. The minimum Gasteiger partial charge on any atom is -0.454 e. The van der Waals surface area contributed by atoms with Gasteiger partial charge in [0.05, 0.1) is 16.9 Å². The van der Waals surface area contributed by atoms with Crippen LogP contribution in [0.15, 0.2) is 47.6 Å². The highest BCUT2D eigenvalue weighted by Crippen LogP contribution is 2.35. The standard InChI is InChI=1S/C24H26N4O4S/c1-2-21(23(29)26-15-9-10-19-20(12-15)32-14-31-19)33-24-27-18-8-4-3-7-17(18)22(28-24)25-13-16-6-5-11-30-16/h3-4,7-10,12,16,21H,2,5-6,11,13-14H2,1H3,(H,26,29)(H,25,27,28). The maximum Gasteiger partial charge on any atom is 0.237 e. The Labute approximate surface area is 196 Å². The molecule has 0 aliphatic carbocycles. The number of thioether (sulfide) groups is 1. The lowest BCUT2D eigenvalue weighted by Gasteiger charge is -2.16. The Morgan fingerprint density at radius 3 is 2.91 bits per heavy atom. The van der Waals surface area contributed by atoms with Crippen LogP contribution in [0.1, 0.15) is 26.2 Å². The van der Waals surface area contributed by atoms with Crippen molar-refractivity contribution in [3.05, 3.63) is 42.5 Å². The molecule has 1 amide bonds. The van der Waals surface area contributed by atoms with Gasteiger partial charge in [0.15, 0.2) is 16.7 Å². The van der Waals surface area contributed by atoms with E-state index < -0.39 is 0 Å². The lowest BCUT2D eigenvalue weighted by atomic mass is 10.2. The highest BCUT2D eigenvalue weighted by atomic mass is 32.2. The number of fused-ring (bicyclic) bond motifs is 2. The topological polar surface area (TPSA) is 94.6 Å². The van der Waals surface area contributed by atoms with Gasteiger partial charge >= 0.3 is 0 Å². The molecule has 172 valence electrons. The summed E-state index contributed by atoms with van der Waals surface area (Å²) < 4.78 is 16.5. The molecule has 3 heterocycles. The van der Waals surface area contributed by atoms with Crippen molar-refractivity contribution >= 4 is 40.1 Å². The minimum absolute atomic E-state index is 0.105. The first kappa shape index (κ1) is 21.8. The second-order valence-electron chi connectivity index (χ2n) is 7.96. The van der Waals surface area contributed by atoms with E-state index >= 15 is 0 Å². The van der Waals surface area contributed by atoms with Gasteiger partial charge in [-0.05, 0) is 43.5 Å². The first-order chi connectivity index (χ1) is 16.2. The molecule has 2 unspecified atom stereocenters. The summed E-state index contributed by atoms with van der Waals surface area (Å²) in [6.07, 6.45) is 2.98. The van der Waals surface area contributed by atoms with Gasteiger partial charge in [-0.3, -0.25) is 4.79 Å². The van der Waals surface area contributed by atoms with Crippen molar-refractivity contribution in [1.29, 1.82) is 0 Å². The van der Waals surface area contributed by atoms with Crippen LogP contribution in [0.4, 0.5) is 11.5 Å². The highest BCUT2D eigenvalue weighted by Gasteiger charge is 2.22. The predicted octanol–water partition coefficient (Wildman–Crippen LogP) is 4.46. The number of hydrogen-bond acceptors (Lipinski definition) is 8. The number of nitrogens with zero attached hydrogens (tertiary/aromatic N) is 2. The third-order valence-electron chi connectivity index (χ3n) is 5.65. The molecule has 9 heteroatoms. The van der Waals surface area contributed by atoms with Gasteiger partial charge in [0, 0.05) is 30.3 Å². The van der Waals surface area contributed by atoms with E-state index in [9.17, 15) is 4.79 Å². The Kier molecular flexibility index (Phi) is 6.50. The quantitative estimate of drug-likeness (QED) is 0.371. The summed E-state index contributed by atoms with van der Waals surface area (Å²) in [6.45, 7) is 3.69. The monoisotopic (exact) mass is 466 g/mol. The van der Waals surface area contributed by atoms with Crippen LogP contribution in [0.25, 0.3) is 10.9 Å². The molecule has 0 spiro atoms. The van der Waals surface area contributed by atoms with E-state index in [1.165, 1.54) is 11.8 Å². The van der Waals surface area contributed by atoms with Gasteiger partial charge in [-0.2, -0.15) is 0 Å². The Morgan fingerprint density at radius 1 is 1.18 bits per heavy atom. The van der Waals surface area contributed by atoms with Crippen LogP contribution in [-0.4, -0.2) is 47.2 Å². The SMILES string of the molecule is CCC(Sc1nc(NCC2CCCO2)c2ccccc2n1)C(=O)Nc1ccc2c(c1)OCO2. The number of ether oxygens (including phenoxy) is 3. The summed E-state index contributed by atoms with van der Waals surface area (Å²) >= 11 is 1.37. The fraction of sp³-hybridized carbons (Fsp3) is 0.375. The fourth-order valence-corrected chi connectivity index (χ4v) is 4.79. The van der Waals surface area contributed by atoms with Gasteiger partial charge in [-0.1, -0.05) is 30.8 Å². The van der Waals surface area contributed by atoms with Crippen LogP contribution >= 0.6 is 11.8 Å². The number of benzene rings is 2. The van der Waals surface area contributed by atoms with Crippen LogP contribution in [0.3, 0.4) is 0 Å². The summed E-state index contributed by atoms with van der Waals surface area (Å²) in [5.74, 6) is 1.98. The molecule has 8 nitrogen and oxygen atoms in total. The minimum atomic E-state index is -0.345. The lowest BCUT2D eigenvalue weighted by Crippen LogP contribution is -2.25. The van der Waals surface area contributed by atoms with E-state index in [2.05, 4.69) is 10.6 Å². The van der Waals surface area contributed by atoms with Gasteiger partial charge in [0.25, 0.3) is 0 Å². The van der Waals surface area contributed by atoms with E-state index in [1.807, 2.05) is 37.3 Å². The number of anilines is 2. The maximum absolute atomic E-state index is 13.0. The van der Waals surface area contributed by atoms with Crippen molar-refractivity contribution in [2.45, 2.75) is 42.7 Å². The smallest absolute Gasteiger partial charge is 0.237 e. The van der Waals surface area contributed by atoms with Crippen molar-refractivity contribution in [2.24, 2.45) is 0 Å². The molecule has 2 aliphatic rings. The summed E-state index contributed by atoms with van der Waals surface area (Å²) in [4.78, 5) is 22.5. The average molecular weight is 467 g/mol. The third-order valence-corrected chi connectivity index (χ3v) is 6.88. The predicted molar refractivity (Wildman–Crippen MR) is 128 cm³/mol. The van der Waals surface area contributed by atoms with Gasteiger partial charge < -0.3 is 24.8 Å². The summed E-state index contributed by atoms with van der Waals surface area (Å²) in [6, 6.07) is 13.3. The molecule has 33 heavy (non-hydrogen) atoms. The van der Waals surface area contributed by atoms with Crippen molar-refractivity contribution in [3.63, 3.8) is 0 Å². The van der Waals surface area contributed by atoms with Crippen molar-refractivity contribution < 1.29 is 19.0 Å². The largest absolute Gasteiger partial charge is 0.454 e. The molecule has 2 aromatic carbocycles. The number of nitrogens with one attached hydrogen (secondary N) is 2. The van der Waals surface area contributed by atoms with Crippen LogP contribution in [0, 0.1) is 0 Å². The molecule has 5 rings (SSSR count). The Bertz CT molecular complexity index is 1150. The van der Waals surface area contributed by atoms with E-state index in [1.54, 1.807) is 12.1 Å². The molecule has 0 bridgehead atoms. The van der Waals surface area contributed by atoms with Gasteiger partial charge in [-0.25, -0.2) is 9.97 Å². The number of rotatable bonds is 8. The molecule has 1 saturated heterocycles. The molecule has 2 N–H and O–H groups in total. The van der Waals surface area contributed by atoms with Crippen LogP contribution in [0.2, 0.25) is 0 Å². The number of para-hydroxylation sites is 1. The summed E-state index contributed by atoms with van der Waals surface area (Å²) in [5, 5.41) is 7.59. The molecule has 0 radical (unpaired) electrons. The van der Waals surface area contributed by atoms with Gasteiger partial charge in [0.2, 0.25) is 12.7 Å². The Hall–Kier alpha value is -3.04. The molecule has 1 fully saturated rings. The molecule has 2 aliphatic heterocycles.